The van der Waals surface area contributed by atoms with Gasteiger partial charge >= 0.3 is 29.5 Å². The fourth-order valence-corrected chi connectivity index (χ4v) is 3.89. The molecule has 1 N–H and O–H groups in total. The molecule has 12 nitrogen and oxygen atoms in total. The van der Waals surface area contributed by atoms with Crippen LogP contribution in [0.2, 0.25) is 0 Å². The first-order chi connectivity index (χ1) is 17.3. The lowest BCUT2D eigenvalue weighted by Crippen LogP contribution is -2.48. The normalized spacial score (nSPS) is 14.1. The Morgan fingerprint density at radius 1 is 0.919 bits per heavy atom. The number of hydrogen-bond acceptors (Lipinski definition) is 12. The Bertz CT molecular complexity index is 1190. The molecule has 0 spiro atoms. The van der Waals surface area contributed by atoms with Crippen LogP contribution in [0.25, 0.3) is 11.0 Å². The average molecular weight is 633 g/mol. The number of halogens is 1. The summed E-state index contributed by atoms with van der Waals surface area (Å²) < 4.78 is 32.6. The van der Waals surface area contributed by atoms with Gasteiger partial charge in [0.25, 0.3) is 0 Å². The third-order valence-corrected chi connectivity index (χ3v) is 5.65. The van der Waals surface area contributed by atoms with Crippen LogP contribution in [0.4, 0.5) is 5.69 Å². The predicted octanol–water partition coefficient (Wildman–Crippen LogP) is 2.53. The van der Waals surface area contributed by atoms with Gasteiger partial charge < -0.3 is 33.4 Å². The first kappa shape index (κ1) is 30.0. The Hall–Kier alpha value is -3.20. The van der Waals surface area contributed by atoms with E-state index in [4.69, 9.17) is 28.1 Å². The number of rotatable bonds is 12. The van der Waals surface area contributed by atoms with E-state index >= 15 is 0 Å². The highest BCUT2D eigenvalue weighted by Crippen LogP contribution is 2.24. The molecule has 0 saturated heterocycles. The average Bonchev–Trinajstić information content (AvgIpc) is 2.77. The molecule has 0 bridgehead atoms. The molecule has 0 aliphatic heterocycles. The second-order valence-corrected chi connectivity index (χ2v) is 9.11. The number of carbonyl (C=O) groups excluding carboxylic acids is 4. The topological polar surface area (TPSA) is 157 Å². The Morgan fingerprint density at radius 3 is 2.14 bits per heavy atom. The van der Waals surface area contributed by atoms with E-state index in [2.05, 4.69) is 5.32 Å². The van der Waals surface area contributed by atoms with Crippen LogP contribution in [0, 0.1) is 3.57 Å². The Kier molecular flexibility index (Phi) is 11.3. The van der Waals surface area contributed by atoms with Gasteiger partial charge in [0, 0.05) is 54.5 Å². The lowest BCUT2D eigenvalue weighted by molar-refractivity contribution is -0.217. The summed E-state index contributed by atoms with van der Waals surface area (Å²) in [6.07, 6.45) is -3.34. The standard InChI is InChI=1S/C24H28INO11/c1-12(34-15(4)29)22(11-33-14(3)28)37-24(35-16(5)30)20(10-32-13(2)27)26-17-6-7-18-19(25)9-23(31)36-21(18)8-17/h6-9,12,20,22,24,26H,10-11H2,1-5H3/t12-,20-,22?,24?/m0/s1. The number of anilines is 1. The van der Waals surface area contributed by atoms with Crippen molar-refractivity contribution in [1.29, 1.82) is 0 Å². The SMILES string of the molecule is CC(=O)OCC(OC(OC(C)=O)[C@H](COC(C)=O)Nc1ccc2c(I)cc(=O)oc2c1)[C@H](C)OC(C)=O. The molecule has 2 unspecified atom stereocenters. The number of carbonyl (C=O) groups is 4. The minimum atomic E-state index is -1.39. The van der Waals surface area contributed by atoms with Gasteiger partial charge in [-0.3, -0.25) is 19.2 Å². The maximum atomic E-state index is 11.9. The van der Waals surface area contributed by atoms with E-state index in [0.717, 1.165) is 6.92 Å². The van der Waals surface area contributed by atoms with Crippen molar-refractivity contribution in [3.05, 3.63) is 38.3 Å². The number of ether oxygens (including phenoxy) is 5. The number of esters is 4. The summed E-state index contributed by atoms with van der Waals surface area (Å²) in [6.45, 7) is 5.65. The van der Waals surface area contributed by atoms with Gasteiger partial charge in [-0.05, 0) is 41.6 Å². The highest BCUT2D eigenvalue weighted by Gasteiger charge is 2.33. The molecule has 37 heavy (non-hydrogen) atoms. The van der Waals surface area contributed by atoms with E-state index in [-0.39, 0.29) is 13.2 Å². The molecule has 202 valence electrons. The van der Waals surface area contributed by atoms with E-state index in [1.54, 1.807) is 18.2 Å². The van der Waals surface area contributed by atoms with Gasteiger partial charge in [0.1, 0.15) is 37.0 Å². The smallest absolute Gasteiger partial charge is 0.337 e. The van der Waals surface area contributed by atoms with Crippen LogP contribution >= 0.6 is 22.6 Å². The Labute approximate surface area is 226 Å². The highest BCUT2D eigenvalue weighted by atomic mass is 127. The van der Waals surface area contributed by atoms with Gasteiger partial charge in [-0.25, -0.2) is 4.79 Å². The minimum Gasteiger partial charge on any atom is -0.463 e. The van der Waals surface area contributed by atoms with E-state index in [0.29, 0.717) is 20.2 Å². The van der Waals surface area contributed by atoms with Crippen molar-refractivity contribution in [2.75, 3.05) is 18.5 Å². The molecule has 0 fully saturated rings. The summed E-state index contributed by atoms with van der Waals surface area (Å²) in [6, 6.07) is 5.34. The van der Waals surface area contributed by atoms with Gasteiger partial charge in [0.05, 0.1) is 0 Å². The van der Waals surface area contributed by atoms with Crippen LogP contribution in [0.1, 0.15) is 34.6 Å². The molecule has 0 aliphatic rings. The van der Waals surface area contributed by atoms with E-state index in [1.165, 1.54) is 33.8 Å². The lowest BCUT2D eigenvalue weighted by Gasteiger charge is -2.32. The highest BCUT2D eigenvalue weighted by molar-refractivity contribution is 14.1. The second kappa shape index (κ2) is 13.9. The summed E-state index contributed by atoms with van der Waals surface area (Å²) in [5.74, 6) is -2.52. The van der Waals surface area contributed by atoms with Crippen LogP contribution < -0.4 is 10.9 Å². The molecule has 1 heterocycles. The molecular formula is C24H28INO11. The summed E-state index contributed by atoms with van der Waals surface area (Å²) >= 11 is 2.02. The largest absolute Gasteiger partial charge is 0.463 e. The molecule has 0 saturated carbocycles. The van der Waals surface area contributed by atoms with Gasteiger partial charge in [0.2, 0.25) is 6.29 Å². The number of fused-ring (bicyclic) bond motifs is 1. The molecule has 0 amide bonds. The third kappa shape index (κ3) is 9.99. The molecule has 4 atom stereocenters. The van der Waals surface area contributed by atoms with Crippen molar-refractivity contribution in [1.82, 2.24) is 0 Å². The van der Waals surface area contributed by atoms with Crippen molar-refractivity contribution in [3.63, 3.8) is 0 Å². The maximum Gasteiger partial charge on any atom is 0.337 e. The van der Waals surface area contributed by atoms with Gasteiger partial charge in [-0.1, -0.05) is 0 Å². The van der Waals surface area contributed by atoms with E-state index in [9.17, 15) is 24.0 Å². The minimum absolute atomic E-state index is 0.300. The Balaban J connectivity index is 2.42. The van der Waals surface area contributed by atoms with E-state index in [1.807, 2.05) is 22.6 Å². The van der Waals surface area contributed by atoms with Crippen molar-refractivity contribution in [3.8, 4) is 0 Å². The van der Waals surface area contributed by atoms with Crippen molar-refractivity contribution >= 4 is 63.1 Å². The maximum absolute atomic E-state index is 11.9. The van der Waals surface area contributed by atoms with Gasteiger partial charge in [-0.2, -0.15) is 0 Å². The monoisotopic (exact) mass is 633 g/mol. The molecular weight excluding hydrogens is 605 g/mol. The van der Waals surface area contributed by atoms with Crippen LogP contribution in [-0.2, 0) is 42.9 Å². The summed E-state index contributed by atoms with van der Waals surface area (Å²) in [5.41, 5.74) is 0.203. The van der Waals surface area contributed by atoms with Crippen molar-refractivity contribution in [2.45, 2.75) is 59.2 Å². The molecule has 13 heteroatoms. The molecule has 1 aromatic heterocycles. The zero-order valence-corrected chi connectivity index (χ0v) is 23.1. The number of benzene rings is 1. The molecule has 0 aliphatic carbocycles. The van der Waals surface area contributed by atoms with Crippen LogP contribution in [0.15, 0.2) is 33.5 Å². The van der Waals surface area contributed by atoms with Crippen LogP contribution in [0.5, 0.6) is 0 Å². The van der Waals surface area contributed by atoms with Crippen LogP contribution in [0.3, 0.4) is 0 Å². The van der Waals surface area contributed by atoms with E-state index < -0.39 is 54.0 Å². The quantitative estimate of drug-likeness (QED) is 0.120. The molecule has 2 aromatic rings. The molecule has 2 rings (SSSR count). The summed E-state index contributed by atoms with van der Waals surface area (Å²) in [4.78, 5) is 58.2. The predicted molar refractivity (Wildman–Crippen MR) is 138 cm³/mol. The van der Waals surface area contributed by atoms with Gasteiger partial charge in [0.15, 0.2) is 0 Å². The number of hydrogen-bond donors (Lipinski definition) is 1. The third-order valence-electron chi connectivity index (χ3n) is 4.76. The summed E-state index contributed by atoms with van der Waals surface area (Å²) in [5, 5.41) is 3.76. The molecule has 0 radical (unpaired) electrons. The number of nitrogens with one attached hydrogen (secondary N) is 1. The zero-order chi connectivity index (χ0) is 27.7. The first-order valence-electron chi connectivity index (χ1n) is 11.1. The fourth-order valence-electron chi connectivity index (χ4n) is 3.19. The van der Waals surface area contributed by atoms with Crippen molar-refractivity contribution in [2.24, 2.45) is 0 Å². The first-order valence-corrected chi connectivity index (χ1v) is 12.2. The zero-order valence-electron chi connectivity index (χ0n) is 20.9. The second-order valence-electron chi connectivity index (χ2n) is 7.95. The Morgan fingerprint density at radius 2 is 1.54 bits per heavy atom. The van der Waals surface area contributed by atoms with Crippen molar-refractivity contribution < 1.29 is 47.3 Å². The fraction of sp³-hybridized carbons (Fsp3) is 0.458. The summed E-state index contributed by atoms with van der Waals surface area (Å²) in [7, 11) is 0. The van der Waals surface area contributed by atoms with Crippen LogP contribution in [-0.4, -0.2) is 61.6 Å². The molecule has 1 aromatic carbocycles. The lowest BCUT2D eigenvalue weighted by atomic mass is 10.2. The van der Waals surface area contributed by atoms with Gasteiger partial charge in [-0.15, -0.1) is 0 Å².